The van der Waals surface area contributed by atoms with Crippen LogP contribution >= 0.6 is 0 Å². The van der Waals surface area contributed by atoms with Gasteiger partial charge >= 0.3 is 0 Å². The van der Waals surface area contributed by atoms with Crippen molar-refractivity contribution < 1.29 is 13.2 Å². The van der Waals surface area contributed by atoms with E-state index in [1.807, 2.05) is 6.07 Å². The molecule has 1 amide bonds. The van der Waals surface area contributed by atoms with Gasteiger partial charge < -0.3 is 16.0 Å². The van der Waals surface area contributed by atoms with E-state index in [2.05, 4.69) is 10.3 Å². The third-order valence-corrected chi connectivity index (χ3v) is 4.58. The second-order valence-corrected chi connectivity index (χ2v) is 6.66. The molecule has 1 aliphatic rings. The van der Waals surface area contributed by atoms with E-state index in [1.165, 1.54) is 6.08 Å². The smallest absolute Gasteiger partial charge is 0.268 e. The lowest BCUT2D eigenvalue weighted by atomic mass is 10.2. The molecule has 3 rings (SSSR count). The minimum absolute atomic E-state index is 0.0961. The van der Waals surface area contributed by atoms with Gasteiger partial charge in [-0.05, 0) is 18.2 Å². The number of aromatic amines is 1. The van der Waals surface area contributed by atoms with Gasteiger partial charge in [0.1, 0.15) is 5.69 Å². The molecule has 1 atom stereocenters. The van der Waals surface area contributed by atoms with Gasteiger partial charge in [-0.15, -0.1) is 0 Å². The quantitative estimate of drug-likeness (QED) is 0.711. The van der Waals surface area contributed by atoms with Gasteiger partial charge in [0.15, 0.2) is 9.84 Å². The number of benzene rings is 1. The summed E-state index contributed by atoms with van der Waals surface area (Å²) in [4.78, 5) is 15.0. The van der Waals surface area contributed by atoms with Crippen molar-refractivity contribution in [3.05, 3.63) is 41.4 Å². The first-order valence-corrected chi connectivity index (χ1v) is 7.75. The van der Waals surface area contributed by atoms with Crippen molar-refractivity contribution in [3.8, 4) is 0 Å². The number of rotatable bonds is 2. The van der Waals surface area contributed by atoms with E-state index in [0.29, 0.717) is 16.9 Å². The molecule has 0 radical (unpaired) electrons. The molecule has 0 fully saturated rings. The molecule has 0 saturated heterocycles. The number of amides is 1. The van der Waals surface area contributed by atoms with Crippen LogP contribution in [0.3, 0.4) is 0 Å². The molecule has 4 N–H and O–H groups in total. The van der Waals surface area contributed by atoms with Crippen molar-refractivity contribution in [2.24, 2.45) is 0 Å². The van der Waals surface area contributed by atoms with Crippen LogP contribution < -0.4 is 11.1 Å². The maximum atomic E-state index is 12.1. The summed E-state index contributed by atoms with van der Waals surface area (Å²) in [6.07, 6.45) is 1.48. The average Bonchev–Trinajstić information content (AvgIpc) is 2.94. The molecule has 0 saturated carbocycles. The number of hydrogen-bond donors (Lipinski definition) is 3. The van der Waals surface area contributed by atoms with E-state index in [0.717, 1.165) is 10.8 Å². The largest absolute Gasteiger partial charge is 0.397 e. The van der Waals surface area contributed by atoms with E-state index in [-0.39, 0.29) is 11.7 Å². The zero-order valence-electron chi connectivity index (χ0n) is 10.5. The van der Waals surface area contributed by atoms with Gasteiger partial charge in [-0.25, -0.2) is 8.42 Å². The first kappa shape index (κ1) is 12.7. The zero-order valence-corrected chi connectivity index (χ0v) is 11.3. The molecule has 1 unspecified atom stereocenters. The van der Waals surface area contributed by atoms with Gasteiger partial charge in [-0.3, -0.25) is 4.79 Å². The van der Waals surface area contributed by atoms with Crippen molar-refractivity contribution in [1.29, 1.82) is 0 Å². The van der Waals surface area contributed by atoms with Gasteiger partial charge in [0.2, 0.25) is 0 Å². The lowest BCUT2D eigenvalue weighted by Gasteiger charge is -2.08. The molecular weight excluding hydrogens is 278 g/mol. The first-order valence-electron chi connectivity index (χ1n) is 6.04. The number of para-hydroxylation sites is 1. The number of nitrogens with one attached hydrogen (secondary N) is 2. The number of H-pyrrole nitrogens is 1. The van der Waals surface area contributed by atoms with E-state index in [9.17, 15) is 13.2 Å². The van der Waals surface area contributed by atoms with Crippen molar-refractivity contribution in [2.45, 2.75) is 6.04 Å². The number of aromatic nitrogens is 1. The predicted molar refractivity (Wildman–Crippen MR) is 76.9 cm³/mol. The van der Waals surface area contributed by atoms with Crippen molar-refractivity contribution in [1.82, 2.24) is 10.3 Å². The van der Waals surface area contributed by atoms with Crippen LogP contribution in [0, 0.1) is 0 Å². The Kier molecular flexibility index (Phi) is 2.79. The number of carbonyl (C=O) groups excluding carboxylic acids is 1. The molecule has 7 heteroatoms. The van der Waals surface area contributed by atoms with Crippen molar-refractivity contribution in [3.63, 3.8) is 0 Å². The Morgan fingerprint density at radius 1 is 1.40 bits per heavy atom. The highest BCUT2D eigenvalue weighted by Gasteiger charge is 2.24. The average molecular weight is 291 g/mol. The lowest BCUT2D eigenvalue weighted by Crippen LogP contribution is -2.35. The topological polar surface area (TPSA) is 105 Å². The minimum Gasteiger partial charge on any atom is -0.397 e. The maximum absolute atomic E-state index is 12.1. The number of sulfone groups is 1. The summed E-state index contributed by atoms with van der Waals surface area (Å²) in [5, 5.41) is 4.62. The standard InChI is InChI=1S/C13H13N3O3S/c14-10-3-1-2-8-6-11(16-12(8)10)13(17)15-9-4-5-20(18,19)7-9/h1-6,9,16H,7,14H2,(H,15,17). The summed E-state index contributed by atoms with van der Waals surface area (Å²) in [6.45, 7) is 0. The van der Waals surface area contributed by atoms with Crippen LogP contribution in [0.2, 0.25) is 0 Å². The third-order valence-electron chi connectivity index (χ3n) is 3.18. The van der Waals surface area contributed by atoms with Crippen LogP contribution in [-0.4, -0.2) is 31.1 Å². The Bertz CT molecular complexity index is 820. The molecule has 2 heterocycles. The van der Waals surface area contributed by atoms with E-state index in [4.69, 9.17) is 5.73 Å². The fourth-order valence-corrected chi connectivity index (χ4v) is 3.45. The molecular formula is C13H13N3O3S. The van der Waals surface area contributed by atoms with Gasteiger partial charge in [0.25, 0.3) is 5.91 Å². The molecule has 1 aliphatic heterocycles. The summed E-state index contributed by atoms with van der Waals surface area (Å²) in [6, 6.07) is 6.59. The van der Waals surface area contributed by atoms with Crippen LogP contribution in [-0.2, 0) is 9.84 Å². The molecule has 0 bridgehead atoms. The fraction of sp³-hybridized carbons (Fsp3) is 0.154. The molecule has 0 spiro atoms. The zero-order chi connectivity index (χ0) is 14.3. The van der Waals surface area contributed by atoms with E-state index >= 15 is 0 Å². The highest BCUT2D eigenvalue weighted by molar-refractivity contribution is 7.94. The van der Waals surface area contributed by atoms with E-state index in [1.54, 1.807) is 18.2 Å². The van der Waals surface area contributed by atoms with Crippen LogP contribution in [0.5, 0.6) is 0 Å². The number of anilines is 1. The Labute approximate surface area is 115 Å². The molecule has 2 aromatic rings. The molecule has 0 aliphatic carbocycles. The highest BCUT2D eigenvalue weighted by atomic mass is 32.2. The Balaban J connectivity index is 1.83. The van der Waals surface area contributed by atoms with Gasteiger partial charge in [-0.1, -0.05) is 12.1 Å². The summed E-state index contributed by atoms with van der Waals surface area (Å²) < 4.78 is 22.6. The van der Waals surface area contributed by atoms with Crippen LogP contribution in [0.25, 0.3) is 10.9 Å². The highest BCUT2D eigenvalue weighted by Crippen LogP contribution is 2.21. The predicted octanol–water partition coefficient (Wildman–Crippen LogP) is 0.791. The fourth-order valence-electron chi connectivity index (χ4n) is 2.21. The summed E-state index contributed by atoms with van der Waals surface area (Å²) in [5.41, 5.74) is 7.43. The lowest BCUT2D eigenvalue weighted by molar-refractivity contribution is 0.0943. The molecule has 6 nitrogen and oxygen atoms in total. The number of carbonyl (C=O) groups is 1. The SMILES string of the molecule is Nc1cccc2cc(C(=O)NC3C=CS(=O)(=O)C3)[nH]c12. The van der Waals surface area contributed by atoms with E-state index < -0.39 is 15.9 Å². The summed E-state index contributed by atoms with van der Waals surface area (Å²) in [5.74, 6) is -0.450. The van der Waals surface area contributed by atoms with Gasteiger partial charge in [0, 0.05) is 10.8 Å². The van der Waals surface area contributed by atoms with Crippen LogP contribution in [0.15, 0.2) is 35.7 Å². The van der Waals surface area contributed by atoms with Crippen LogP contribution in [0.4, 0.5) is 5.69 Å². The monoisotopic (exact) mass is 291 g/mol. The molecule has 104 valence electrons. The molecule has 1 aromatic carbocycles. The second-order valence-electron chi connectivity index (χ2n) is 4.73. The Morgan fingerprint density at radius 3 is 2.85 bits per heavy atom. The minimum atomic E-state index is -3.18. The van der Waals surface area contributed by atoms with Gasteiger partial charge in [-0.2, -0.15) is 0 Å². The number of nitrogens with two attached hydrogens (primary N) is 1. The number of nitrogen functional groups attached to an aromatic ring is 1. The second kappa shape index (κ2) is 4.38. The third kappa shape index (κ3) is 2.27. The normalized spacial score (nSPS) is 20.3. The number of fused-ring (bicyclic) bond motifs is 1. The van der Waals surface area contributed by atoms with Gasteiger partial charge in [0.05, 0.1) is 23.0 Å². The van der Waals surface area contributed by atoms with Crippen LogP contribution in [0.1, 0.15) is 10.5 Å². The van der Waals surface area contributed by atoms with Crippen molar-refractivity contribution in [2.75, 3.05) is 11.5 Å². The maximum Gasteiger partial charge on any atom is 0.268 e. The van der Waals surface area contributed by atoms with Crippen molar-refractivity contribution >= 4 is 32.3 Å². The Hall–Kier alpha value is -2.28. The summed E-state index contributed by atoms with van der Waals surface area (Å²) >= 11 is 0. The molecule has 20 heavy (non-hydrogen) atoms. The first-order chi connectivity index (χ1) is 9.44. The molecule has 1 aromatic heterocycles. The summed E-state index contributed by atoms with van der Waals surface area (Å²) in [7, 11) is -3.18. The Morgan fingerprint density at radius 2 is 2.20 bits per heavy atom. The number of hydrogen-bond acceptors (Lipinski definition) is 4.